The summed E-state index contributed by atoms with van der Waals surface area (Å²) in [5.74, 6) is 0.621. The van der Waals surface area contributed by atoms with Crippen molar-refractivity contribution in [1.82, 2.24) is 15.0 Å². The molecule has 0 bridgehead atoms. The minimum atomic E-state index is -0.251. The van der Waals surface area contributed by atoms with E-state index >= 15 is 0 Å². The molecule has 0 unspecified atom stereocenters. The number of hydrogen-bond acceptors (Lipinski definition) is 3. The highest BCUT2D eigenvalue weighted by molar-refractivity contribution is 14.1. The lowest BCUT2D eigenvalue weighted by Gasteiger charge is -2.08. The molecule has 1 aromatic carbocycles. The van der Waals surface area contributed by atoms with Crippen LogP contribution in [-0.4, -0.2) is 15.0 Å². The average molecular weight is 344 g/mol. The lowest BCUT2D eigenvalue weighted by atomic mass is 10.2. The summed E-state index contributed by atoms with van der Waals surface area (Å²) in [6.07, 6.45) is 2.20. The molecule has 1 aliphatic carbocycles. The first-order valence-electron chi connectivity index (χ1n) is 5.34. The summed E-state index contributed by atoms with van der Waals surface area (Å²) in [6.45, 7) is 0. The van der Waals surface area contributed by atoms with Crippen molar-refractivity contribution in [2.75, 3.05) is 5.73 Å². The Labute approximate surface area is 111 Å². The van der Waals surface area contributed by atoms with Crippen LogP contribution in [0.2, 0.25) is 0 Å². The topological polar surface area (TPSA) is 56.7 Å². The zero-order chi connectivity index (χ0) is 12.0. The third-order valence-corrected chi connectivity index (χ3v) is 3.92. The summed E-state index contributed by atoms with van der Waals surface area (Å²) >= 11 is 1.97. The van der Waals surface area contributed by atoms with Gasteiger partial charge in [-0.15, -0.1) is 5.10 Å². The zero-order valence-electron chi connectivity index (χ0n) is 8.90. The van der Waals surface area contributed by atoms with E-state index in [1.165, 1.54) is 6.07 Å². The number of nitrogen functional groups attached to an aromatic ring is 1. The number of hydrogen-bond donors (Lipinski definition) is 1. The molecule has 0 radical (unpaired) electrons. The summed E-state index contributed by atoms with van der Waals surface area (Å²) in [4.78, 5) is 0. The molecule has 4 nitrogen and oxygen atoms in total. The molecule has 0 amide bonds. The molecule has 17 heavy (non-hydrogen) atoms. The number of nitrogens with zero attached hydrogens (tertiary/aromatic N) is 3. The van der Waals surface area contributed by atoms with E-state index in [0.29, 0.717) is 21.0 Å². The fourth-order valence-corrected chi connectivity index (χ4v) is 2.46. The molecule has 0 saturated heterocycles. The predicted molar refractivity (Wildman–Crippen MR) is 70.4 cm³/mol. The highest BCUT2D eigenvalue weighted by atomic mass is 127. The van der Waals surface area contributed by atoms with Crippen LogP contribution in [0.25, 0.3) is 5.69 Å². The van der Waals surface area contributed by atoms with Gasteiger partial charge in [0.05, 0.1) is 15.0 Å². The SMILES string of the molecule is Nc1nnn(-c2cccc(F)c2I)c1C1CC1. The number of halogens is 2. The molecule has 0 spiro atoms. The fraction of sp³-hybridized carbons (Fsp3) is 0.273. The third kappa shape index (κ3) is 1.80. The second kappa shape index (κ2) is 3.94. The molecule has 2 aromatic rings. The number of rotatable bonds is 2. The van der Waals surface area contributed by atoms with E-state index in [0.717, 1.165) is 18.5 Å². The highest BCUT2D eigenvalue weighted by Gasteiger charge is 2.31. The second-order valence-corrected chi connectivity index (χ2v) is 5.20. The number of benzene rings is 1. The van der Waals surface area contributed by atoms with E-state index in [-0.39, 0.29) is 5.82 Å². The van der Waals surface area contributed by atoms with Gasteiger partial charge in [-0.25, -0.2) is 9.07 Å². The monoisotopic (exact) mass is 344 g/mol. The Kier molecular flexibility index (Phi) is 2.53. The van der Waals surface area contributed by atoms with Gasteiger partial charge in [-0.3, -0.25) is 0 Å². The zero-order valence-corrected chi connectivity index (χ0v) is 11.1. The van der Waals surface area contributed by atoms with Gasteiger partial charge in [-0.1, -0.05) is 11.3 Å². The van der Waals surface area contributed by atoms with Crippen LogP contribution in [0.1, 0.15) is 24.5 Å². The summed E-state index contributed by atoms with van der Waals surface area (Å²) in [5.41, 5.74) is 7.43. The van der Waals surface area contributed by atoms with Crippen molar-refractivity contribution >= 4 is 28.4 Å². The van der Waals surface area contributed by atoms with Crippen LogP contribution in [0.4, 0.5) is 10.2 Å². The van der Waals surface area contributed by atoms with E-state index in [9.17, 15) is 4.39 Å². The van der Waals surface area contributed by atoms with E-state index < -0.39 is 0 Å². The van der Waals surface area contributed by atoms with Crippen LogP contribution in [0.3, 0.4) is 0 Å². The van der Waals surface area contributed by atoms with E-state index in [2.05, 4.69) is 10.3 Å². The molecule has 3 rings (SSSR count). The van der Waals surface area contributed by atoms with Crippen LogP contribution in [-0.2, 0) is 0 Å². The van der Waals surface area contributed by atoms with E-state index in [1.54, 1.807) is 10.7 Å². The molecular weight excluding hydrogens is 334 g/mol. The first-order chi connectivity index (χ1) is 8.18. The minimum Gasteiger partial charge on any atom is -0.381 e. The number of aromatic nitrogens is 3. The van der Waals surface area contributed by atoms with Gasteiger partial charge in [-0.05, 0) is 47.6 Å². The molecule has 88 valence electrons. The molecule has 0 aliphatic heterocycles. The minimum absolute atomic E-state index is 0.251. The lowest BCUT2D eigenvalue weighted by Crippen LogP contribution is -2.05. The third-order valence-electron chi connectivity index (χ3n) is 2.86. The normalized spacial score (nSPS) is 15.2. The Morgan fingerprint density at radius 3 is 2.88 bits per heavy atom. The van der Waals surface area contributed by atoms with Gasteiger partial charge in [0.15, 0.2) is 5.82 Å². The summed E-state index contributed by atoms with van der Waals surface area (Å²) in [7, 11) is 0. The van der Waals surface area contributed by atoms with E-state index in [1.807, 2.05) is 28.7 Å². The molecule has 6 heteroatoms. The van der Waals surface area contributed by atoms with Gasteiger partial charge < -0.3 is 5.73 Å². The highest BCUT2D eigenvalue weighted by Crippen LogP contribution is 2.43. The van der Waals surface area contributed by atoms with Crippen LogP contribution >= 0.6 is 22.6 Å². The van der Waals surface area contributed by atoms with Gasteiger partial charge in [0.1, 0.15) is 5.82 Å². The standard InChI is InChI=1S/C11H10FIN4/c12-7-2-1-3-8(9(7)13)17-10(6-4-5-6)11(14)15-16-17/h1-3,6H,4-5,14H2. The van der Waals surface area contributed by atoms with Crippen LogP contribution in [0, 0.1) is 9.39 Å². The van der Waals surface area contributed by atoms with E-state index in [4.69, 9.17) is 5.73 Å². The Balaban J connectivity index is 2.18. The fourth-order valence-electron chi connectivity index (χ4n) is 1.87. The van der Waals surface area contributed by atoms with Gasteiger partial charge >= 0.3 is 0 Å². The van der Waals surface area contributed by atoms with Crippen molar-refractivity contribution in [2.45, 2.75) is 18.8 Å². The van der Waals surface area contributed by atoms with Crippen LogP contribution in [0.5, 0.6) is 0 Å². The molecule has 1 heterocycles. The quantitative estimate of drug-likeness (QED) is 0.852. The van der Waals surface area contributed by atoms with Gasteiger partial charge in [0.2, 0.25) is 0 Å². The Morgan fingerprint density at radius 2 is 2.18 bits per heavy atom. The van der Waals surface area contributed by atoms with Gasteiger partial charge in [0, 0.05) is 5.92 Å². The van der Waals surface area contributed by atoms with Crippen molar-refractivity contribution in [3.8, 4) is 5.69 Å². The maximum absolute atomic E-state index is 13.5. The Morgan fingerprint density at radius 1 is 1.41 bits per heavy atom. The first kappa shape index (κ1) is 10.9. The number of nitrogens with two attached hydrogens (primary N) is 1. The van der Waals surface area contributed by atoms with Crippen molar-refractivity contribution < 1.29 is 4.39 Å². The van der Waals surface area contributed by atoms with Crippen LogP contribution in [0.15, 0.2) is 18.2 Å². The van der Waals surface area contributed by atoms with Crippen molar-refractivity contribution in [3.05, 3.63) is 33.3 Å². The predicted octanol–water partition coefficient (Wildman–Crippen LogP) is 2.47. The second-order valence-electron chi connectivity index (χ2n) is 4.12. The van der Waals surface area contributed by atoms with Crippen molar-refractivity contribution in [2.24, 2.45) is 0 Å². The Bertz CT molecular complexity index is 577. The Hall–Kier alpha value is -1.18. The lowest BCUT2D eigenvalue weighted by molar-refractivity contribution is 0.615. The molecule has 1 aromatic heterocycles. The maximum Gasteiger partial charge on any atom is 0.169 e. The molecule has 1 saturated carbocycles. The smallest absolute Gasteiger partial charge is 0.169 e. The summed E-state index contributed by atoms with van der Waals surface area (Å²) in [6, 6.07) is 4.93. The largest absolute Gasteiger partial charge is 0.381 e. The molecule has 1 aliphatic rings. The average Bonchev–Trinajstić information content (AvgIpc) is 3.07. The summed E-state index contributed by atoms with van der Waals surface area (Å²) in [5, 5.41) is 7.91. The van der Waals surface area contributed by atoms with Crippen molar-refractivity contribution in [3.63, 3.8) is 0 Å². The van der Waals surface area contributed by atoms with Crippen molar-refractivity contribution in [1.29, 1.82) is 0 Å². The molecular formula is C11H10FIN4. The van der Waals surface area contributed by atoms with Gasteiger partial charge in [-0.2, -0.15) is 0 Å². The van der Waals surface area contributed by atoms with Crippen LogP contribution < -0.4 is 5.73 Å². The summed E-state index contributed by atoms with van der Waals surface area (Å²) < 4.78 is 15.7. The number of anilines is 1. The maximum atomic E-state index is 13.5. The first-order valence-corrected chi connectivity index (χ1v) is 6.42. The molecule has 0 atom stereocenters. The molecule has 1 fully saturated rings. The van der Waals surface area contributed by atoms with Gasteiger partial charge in [0.25, 0.3) is 0 Å². The molecule has 2 N–H and O–H groups in total.